The van der Waals surface area contributed by atoms with Gasteiger partial charge in [-0.05, 0) is 31.9 Å². The van der Waals surface area contributed by atoms with Crippen molar-refractivity contribution in [2.24, 2.45) is 0 Å². The van der Waals surface area contributed by atoms with Crippen molar-refractivity contribution < 1.29 is 17.9 Å². The van der Waals surface area contributed by atoms with Gasteiger partial charge in [-0.15, -0.1) is 0 Å². The Balaban J connectivity index is 1.63. The first-order chi connectivity index (χ1) is 11.5. The molecule has 3 rings (SSSR count). The van der Waals surface area contributed by atoms with E-state index in [1.165, 1.54) is 0 Å². The maximum atomic E-state index is 12.6. The second kappa shape index (κ2) is 7.23. The van der Waals surface area contributed by atoms with Gasteiger partial charge < -0.3 is 9.64 Å². The van der Waals surface area contributed by atoms with E-state index < -0.39 is 9.84 Å². The number of rotatable bonds is 4. The number of hydrogen-bond acceptors (Lipinski definition) is 4. The van der Waals surface area contributed by atoms with Crippen LogP contribution in [-0.2, 0) is 19.4 Å². The fourth-order valence-corrected chi connectivity index (χ4v) is 4.86. The van der Waals surface area contributed by atoms with Crippen LogP contribution in [0.5, 0.6) is 0 Å². The number of carbonyl (C=O) groups excluding carboxylic acids is 1. The van der Waals surface area contributed by atoms with Gasteiger partial charge in [-0.2, -0.15) is 0 Å². The summed E-state index contributed by atoms with van der Waals surface area (Å²) in [5, 5.41) is 0. The zero-order valence-electron chi connectivity index (χ0n) is 14.1. The summed E-state index contributed by atoms with van der Waals surface area (Å²) >= 11 is 0. The van der Waals surface area contributed by atoms with E-state index in [9.17, 15) is 13.2 Å². The molecule has 1 aliphatic carbocycles. The van der Waals surface area contributed by atoms with E-state index in [0.717, 1.165) is 31.2 Å². The number of morpholine rings is 1. The topological polar surface area (TPSA) is 63.7 Å². The molecule has 0 aromatic heterocycles. The zero-order valence-corrected chi connectivity index (χ0v) is 14.9. The van der Waals surface area contributed by atoms with Crippen LogP contribution < -0.4 is 0 Å². The molecule has 5 nitrogen and oxygen atoms in total. The molecule has 1 aromatic carbocycles. The summed E-state index contributed by atoms with van der Waals surface area (Å²) in [7, 11) is -3.42. The molecule has 0 N–H and O–H groups in total. The molecule has 0 bridgehead atoms. The van der Waals surface area contributed by atoms with Gasteiger partial charge in [0.2, 0.25) is 5.91 Å². The lowest BCUT2D eigenvalue weighted by molar-refractivity contribution is -0.149. The summed E-state index contributed by atoms with van der Waals surface area (Å²) in [4.78, 5) is 14.7. The van der Waals surface area contributed by atoms with Gasteiger partial charge in [-0.1, -0.05) is 30.5 Å². The van der Waals surface area contributed by atoms with Crippen LogP contribution in [0.15, 0.2) is 29.2 Å². The van der Waals surface area contributed by atoms with Gasteiger partial charge in [-0.25, -0.2) is 8.42 Å². The van der Waals surface area contributed by atoms with E-state index >= 15 is 0 Å². The molecular formula is C18H25NO4S. The number of benzene rings is 1. The lowest BCUT2D eigenvalue weighted by Crippen LogP contribution is -2.55. The van der Waals surface area contributed by atoms with Crippen molar-refractivity contribution in [3.8, 4) is 0 Å². The molecule has 6 heteroatoms. The first-order valence-corrected chi connectivity index (χ1v) is 10.3. The van der Waals surface area contributed by atoms with Crippen LogP contribution in [-0.4, -0.2) is 50.3 Å². The van der Waals surface area contributed by atoms with E-state index in [1.807, 2.05) is 11.8 Å². The second-order valence-corrected chi connectivity index (χ2v) is 8.84. The number of sulfone groups is 1. The minimum Gasteiger partial charge on any atom is -0.374 e. The van der Waals surface area contributed by atoms with Gasteiger partial charge in [0.1, 0.15) is 0 Å². The lowest BCUT2D eigenvalue weighted by atomic mass is 9.90. The third-order valence-corrected chi connectivity index (χ3v) is 6.75. The van der Waals surface area contributed by atoms with Gasteiger partial charge in [0, 0.05) is 13.0 Å². The molecule has 0 spiro atoms. The zero-order chi connectivity index (χ0) is 17.2. The first-order valence-electron chi connectivity index (χ1n) is 8.68. The predicted molar refractivity (Wildman–Crippen MR) is 91.6 cm³/mol. The van der Waals surface area contributed by atoms with Crippen LogP contribution in [0.1, 0.15) is 37.7 Å². The second-order valence-electron chi connectivity index (χ2n) is 6.73. The van der Waals surface area contributed by atoms with Crippen LogP contribution in [0.25, 0.3) is 0 Å². The molecule has 1 saturated carbocycles. The number of fused-ring (bicyclic) bond motifs is 1. The Hall–Kier alpha value is -1.40. The van der Waals surface area contributed by atoms with E-state index in [-0.39, 0.29) is 30.2 Å². The average molecular weight is 351 g/mol. The highest BCUT2D eigenvalue weighted by molar-refractivity contribution is 7.91. The third-order valence-electron chi connectivity index (χ3n) is 5.02. The maximum absolute atomic E-state index is 12.6. The molecule has 2 atom stereocenters. The third kappa shape index (κ3) is 3.81. The normalized spacial score (nSPS) is 24.5. The van der Waals surface area contributed by atoms with Gasteiger partial charge in [-0.3, -0.25) is 4.79 Å². The van der Waals surface area contributed by atoms with Crippen molar-refractivity contribution in [2.45, 2.75) is 56.1 Å². The molecule has 1 saturated heterocycles. The molecule has 2 fully saturated rings. The summed E-state index contributed by atoms with van der Waals surface area (Å²) in [5.74, 6) is -0.199. The first kappa shape index (κ1) is 17.4. The fourth-order valence-electron chi connectivity index (χ4n) is 3.63. The smallest absolute Gasteiger partial charge is 0.224 e. The molecule has 2 aliphatic rings. The van der Waals surface area contributed by atoms with Crippen molar-refractivity contribution in [1.29, 1.82) is 0 Å². The molecule has 1 amide bonds. The Bertz CT molecular complexity index is 681. The van der Waals surface area contributed by atoms with E-state index in [0.29, 0.717) is 18.0 Å². The summed E-state index contributed by atoms with van der Waals surface area (Å²) in [5.41, 5.74) is 1.02. The van der Waals surface area contributed by atoms with Crippen molar-refractivity contribution in [3.63, 3.8) is 0 Å². The molecule has 1 aromatic rings. The molecular weight excluding hydrogens is 326 g/mol. The Kier molecular flexibility index (Phi) is 5.25. The molecule has 1 heterocycles. The van der Waals surface area contributed by atoms with Crippen LogP contribution in [0.2, 0.25) is 0 Å². The summed E-state index contributed by atoms with van der Waals surface area (Å²) < 4.78 is 30.6. The van der Waals surface area contributed by atoms with E-state index in [1.54, 1.807) is 24.3 Å². The number of amides is 1. The Morgan fingerprint density at radius 3 is 2.67 bits per heavy atom. The van der Waals surface area contributed by atoms with Crippen LogP contribution in [0.3, 0.4) is 0 Å². The molecule has 0 unspecified atom stereocenters. The highest BCUT2D eigenvalue weighted by Gasteiger charge is 2.36. The number of carbonyl (C=O) groups is 1. The highest BCUT2D eigenvalue weighted by atomic mass is 32.2. The number of ether oxygens (including phenoxy) is 1. The molecule has 0 radical (unpaired) electrons. The summed E-state index contributed by atoms with van der Waals surface area (Å²) in [6.45, 7) is 3.04. The van der Waals surface area contributed by atoms with Gasteiger partial charge >= 0.3 is 0 Å². The minimum absolute atomic E-state index is 0.0411. The van der Waals surface area contributed by atoms with Gasteiger partial charge in [0.25, 0.3) is 0 Å². The number of hydrogen-bond donors (Lipinski definition) is 0. The Morgan fingerprint density at radius 1 is 1.21 bits per heavy atom. The van der Waals surface area contributed by atoms with Gasteiger partial charge in [0.05, 0.1) is 29.4 Å². The Labute approximate surface area is 143 Å². The van der Waals surface area contributed by atoms with Crippen LogP contribution in [0, 0.1) is 6.92 Å². The van der Waals surface area contributed by atoms with E-state index in [4.69, 9.17) is 4.74 Å². The lowest BCUT2D eigenvalue weighted by Gasteiger charge is -2.43. The SMILES string of the molecule is Cc1ccc(S(=O)(=O)CCC(=O)N2CCO[C@@H]3CCCC[C@H]32)cc1. The average Bonchev–Trinajstić information content (AvgIpc) is 2.59. The van der Waals surface area contributed by atoms with Crippen molar-refractivity contribution in [3.05, 3.63) is 29.8 Å². The number of nitrogens with zero attached hydrogens (tertiary/aromatic N) is 1. The Morgan fingerprint density at radius 2 is 1.92 bits per heavy atom. The van der Waals surface area contributed by atoms with Gasteiger partial charge in [0.15, 0.2) is 9.84 Å². The monoisotopic (exact) mass is 351 g/mol. The largest absolute Gasteiger partial charge is 0.374 e. The minimum atomic E-state index is -3.42. The van der Waals surface area contributed by atoms with Crippen LogP contribution in [0.4, 0.5) is 0 Å². The van der Waals surface area contributed by atoms with Crippen molar-refractivity contribution in [2.75, 3.05) is 18.9 Å². The highest BCUT2D eigenvalue weighted by Crippen LogP contribution is 2.29. The quantitative estimate of drug-likeness (QED) is 0.835. The molecule has 1 aliphatic heterocycles. The number of aryl methyl sites for hydroxylation is 1. The fraction of sp³-hybridized carbons (Fsp3) is 0.611. The molecule has 132 valence electrons. The maximum Gasteiger partial charge on any atom is 0.224 e. The van der Waals surface area contributed by atoms with Crippen molar-refractivity contribution in [1.82, 2.24) is 4.90 Å². The summed E-state index contributed by atoms with van der Waals surface area (Å²) in [6.07, 6.45) is 4.38. The standard InChI is InChI=1S/C18H25NO4S/c1-14-6-8-15(9-7-14)24(21,22)13-10-18(20)19-11-12-23-17-5-3-2-4-16(17)19/h6-9,16-17H,2-5,10-13H2,1H3/t16-,17-/m1/s1. The van der Waals surface area contributed by atoms with E-state index in [2.05, 4.69) is 0 Å². The summed E-state index contributed by atoms with van der Waals surface area (Å²) in [6, 6.07) is 6.91. The molecule has 24 heavy (non-hydrogen) atoms. The van der Waals surface area contributed by atoms with Crippen LogP contribution >= 0.6 is 0 Å². The van der Waals surface area contributed by atoms with Crippen molar-refractivity contribution >= 4 is 15.7 Å². The predicted octanol–water partition coefficient (Wildman–Crippen LogP) is 2.33.